The molecule has 0 aliphatic carbocycles. The zero-order chi connectivity index (χ0) is 10.8. The van der Waals surface area contributed by atoms with E-state index in [1.165, 1.54) is 0 Å². The van der Waals surface area contributed by atoms with E-state index in [0.717, 1.165) is 0 Å². The molecule has 0 radical (unpaired) electrons. The van der Waals surface area contributed by atoms with Crippen molar-refractivity contribution in [1.29, 1.82) is 0 Å². The second kappa shape index (κ2) is 3.78. The minimum atomic E-state index is -0.805. The predicted molar refractivity (Wildman–Crippen MR) is 53.6 cm³/mol. The number of carbonyl (C=O) groups excluding carboxylic acids is 1. The van der Waals surface area contributed by atoms with Gasteiger partial charge in [-0.3, -0.25) is 4.79 Å². The van der Waals surface area contributed by atoms with Crippen LogP contribution in [0.3, 0.4) is 0 Å². The summed E-state index contributed by atoms with van der Waals surface area (Å²) >= 11 is 0. The second-order valence-corrected chi connectivity index (χ2v) is 3.28. The van der Waals surface area contributed by atoms with E-state index in [1.54, 1.807) is 18.2 Å². The SMILES string of the molecule is NC(=O)[C@H](N)c1ccc2c(c1)OCCO2. The Morgan fingerprint density at radius 3 is 2.60 bits per heavy atom. The van der Waals surface area contributed by atoms with Crippen molar-refractivity contribution in [3.8, 4) is 11.5 Å². The summed E-state index contributed by atoms with van der Waals surface area (Å²) in [5.74, 6) is 0.712. The summed E-state index contributed by atoms with van der Waals surface area (Å²) in [6.07, 6.45) is 0. The number of fused-ring (bicyclic) bond motifs is 1. The second-order valence-electron chi connectivity index (χ2n) is 3.28. The standard InChI is InChI=1S/C10H12N2O3/c11-9(10(12)13)6-1-2-7-8(5-6)15-4-3-14-7/h1-2,5,9H,3-4,11H2,(H2,12,13)/t9-/m1/s1. The zero-order valence-corrected chi connectivity index (χ0v) is 8.10. The maximum Gasteiger partial charge on any atom is 0.238 e. The fourth-order valence-electron chi connectivity index (χ4n) is 1.42. The molecule has 0 unspecified atom stereocenters. The van der Waals surface area contributed by atoms with Crippen molar-refractivity contribution < 1.29 is 14.3 Å². The molecule has 1 aromatic carbocycles. The Morgan fingerprint density at radius 1 is 1.27 bits per heavy atom. The summed E-state index contributed by atoms with van der Waals surface area (Å²) in [7, 11) is 0. The molecule has 1 aromatic rings. The van der Waals surface area contributed by atoms with Gasteiger partial charge in [-0.25, -0.2) is 0 Å². The number of rotatable bonds is 2. The third kappa shape index (κ3) is 1.87. The van der Waals surface area contributed by atoms with Crippen LogP contribution in [0.2, 0.25) is 0 Å². The molecule has 80 valence electrons. The van der Waals surface area contributed by atoms with Gasteiger partial charge in [0.25, 0.3) is 0 Å². The van der Waals surface area contributed by atoms with Crippen LogP contribution in [0.5, 0.6) is 11.5 Å². The van der Waals surface area contributed by atoms with E-state index in [4.69, 9.17) is 20.9 Å². The van der Waals surface area contributed by atoms with Crippen LogP contribution in [-0.4, -0.2) is 19.1 Å². The van der Waals surface area contributed by atoms with Gasteiger partial charge in [-0.2, -0.15) is 0 Å². The Balaban J connectivity index is 2.31. The lowest BCUT2D eigenvalue weighted by Crippen LogP contribution is -2.28. The van der Waals surface area contributed by atoms with Crippen molar-refractivity contribution in [2.45, 2.75) is 6.04 Å². The van der Waals surface area contributed by atoms with Crippen LogP contribution in [-0.2, 0) is 4.79 Å². The first-order valence-electron chi connectivity index (χ1n) is 4.63. The number of benzene rings is 1. The molecule has 0 saturated heterocycles. The summed E-state index contributed by atoms with van der Waals surface area (Å²) < 4.78 is 10.7. The Kier molecular flexibility index (Phi) is 2.47. The number of hydrogen-bond acceptors (Lipinski definition) is 4. The quantitative estimate of drug-likeness (QED) is 0.712. The Morgan fingerprint density at radius 2 is 1.93 bits per heavy atom. The molecular weight excluding hydrogens is 196 g/mol. The van der Waals surface area contributed by atoms with Crippen molar-refractivity contribution in [3.63, 3.8) is 0 Å². The van der Waals surface area contributed by atoms with Crippen LogP contribution in [0.4, 0.5) is 0 Å². The average Bonchev–Trinajstić information content (AvgIpc) is 2.27. The first kappa shape index (κ1) is 9.79. The lowest BCUT2D eigenvalue weighted by molar-refractivity contribution is -0.119. The third-order valence-corrected chi connectivity index (χ3v) is 2.23. The molecule has 5 nitrogen and oxygen atoms in total. The largest absolute Gasteiger partial charge is 0.486 e. The van der Waals surface area contributed by atoms with Crippen molar-refractivity contribution in [1.82, 2.24) is 0 Å². The van der Waals surface area contributed by atoms with Gasteiger partial charge in [0.15, 0.2) is 11.5 Å². The topological polar surface area (TPSA) is 87.6 Å². The summed E-state index contributed by atoms with van der Waals surface area (Å²) in [5.41, 5.74) is 11.3. The van der Waals surface area contributed by atoms with Crippen molar-refractivity contribution in [3.05, 3.63) is 23.8 Å². The highest BCUT2D eigenvalue weighted by Crippen LogP contribution is 2.32. The van der Waals surface area contributed by atoms with E-state index in [9.17, 15) is 4.79 Å². The summed E-state index contributed by atoms with van der Waals surface area (Å²) in [4.78, 5) is 10.9. The first-order valence-corrected chi connectivity index (χ1v) is 4.63. The third-order valence-electron chi connectivity index (χ3n) is 2.23. The minimum absolute atomic E-state index is 0.502. The van der Waals surface area contributed by atoms with Gasteiger partial charge >= 0.3 is 0 Å². The molecule has 0 bridgehead atoms. The van der Waals surface area contributed by atoms with Gasteiger partial charge in [0.2, 0.25) is 5.91 Å². The zero-order valence-electron chi connectivity index (χ0n) is 8.10. The summed E-state index contributed by atoms with van der Waals surface area (Å²) in [5, 5.41) is 0. The number of nitrogens with two attached hydrogens (primary N) is 2. The fourth-order valence-corrected chi connectivity index (χ4v) is 1.42. The van der Waals surface area contributed by atoms with E-state index in [1.807, 2.05) is 0 Å². The van der Waals surface area contributed by atoms with Crippen LogP contribution >= 0.6 is 0 Å². The summed E-state index contributed by atoms with van der Waals surface area (Å²) in [6, 6.07) is 4.32. The van der Waals surface area contributed by atoms with E-state index < -0.39 is 11.9 Å². The van der Waals surface area contributed by atoms with E-state index in [0.29, 0.717) is 30.3 Å². The van der Waals surface area contributed by atoms with Gasteiger partial charge in [0.05, 0.1) is 0 Å². The molecule has 0 aromatic heterocycles. The van der Waals surface area contributed by atoms with Crippen LogP contribution in [0, 0.1) is 0 Å². The number of ether oxygens (including phenoxy) is 2. The van der Waals surface area contributed by atoms with Crippen LogP contribution in [0.25, 0.3) is 0 Å². The van der Waals surface area contributed by atoms with Crippen LogP contribution < -0.4 is 20.9 Å². The highest BCUT2D eigenvalue weighted by atomic mass is 16.6. The molecule has 0 spiro atoms. The monoisotopic (exact) mass is 208 g/mol. The summed E-state index contributed by atoms with van der Waals surface area (Å²) in [6.45, 7) is 1.04. The van der Waals surface area contributed by atoms with E-state index in [-0.39, 0.29) is 0 Å². The molecule has 2 rings (SSSR count). The van der Waals surface area contributed by atoms with Crippen molar-refractivity contribution >= 4 is 5.91 Å². The molecule has 0 fully saturated rings. The van der Waals surface area contributed by atoms with E-state index >= 15 is 0 Å². The van der Waals surface area contributed by atoms with Crippen molar-refractivity contribution in [2.24, 2.45) is 11.5 Å². The average molecular weight is 208 g/mol. The molecule has 1 aliphatic rings. The van der Waals surface area contributed by atoms with Gasteiger partial charge in [0, 0.05) is 0 Å². The number of carbonyl (C=O) groups is 1. The van der Waals surface area contributed by atoms with Gasteiger partial charge in [-0.05, 0) is 17.7 Å². The maximum absolute atomic E-state index is 10.9. The highest BCUT2D eigenvalue weighted by molar-refractivity contribution is 5.81. The first-order chi connectivity index (χ1) is 7.18. The van der Waals surface area contributed by atoms with Crippen molar-refractivity contribution in [2.75, 3.05) is 13.2 Å². The van der Waals surface area contributed by atoms with Crippen LogP contribution in [0.15, 0.2) is 18.2 Å². The van der Waals surface area contributed by atoms with Gasteiger partial charge in [-0.15, -0.1) is 0 Å². The number of primary amides is 1. The van der Waals surface area contributed by atoms with Gasteiger partial charge < -0.3 is 20.9 Å². The smallest absolute Gasteiger partial charge is 0.238 e. The molecule has 1 heterocycles. The number of hydrogen-bond donors (Lipinski definition) is 2. The molecule has 0 saturated carbocycles. The Labute approximate surface area is 87.0 Å². The Bertz CT molecular complexity index is 392. The maximum atomic E-state index is 10.9. The molecule has 5 heteroatoms. The molecule has 15 heavy (non-hydrogen) atoms. The minimum Gasteiger partial charge on any atom is -0.486 e. The highest BCUT2D eigenvalue weighted by Gasteiger charge is 2.17. The Hall–Kier alpha value is -1.75. The van der Waals surface area contributed by atoms with Gasteiger partial charge in [0.1, 0.15) is 19.3 Å². The van der Waals surface area contributed by atoms with Gasteiger partial charge in [-0.1, -0.05) is 6.07 Å². The van der Waals surface area contributed by atoms with Crippen LogP contribution in [0.1, 0.15) is 11.6 Å². The molecule has 4 N–H and O–H groups in total. The number of amides is 1. The fraction of sp³-hybridized carbons (Fsp3) is 0.300. The molecule has 1 amide bonds. The molecule has 1 atom stereocenters. The lowest BCUT2D eigenvalue weighted by Gasteiger charge is -2.19. The van der Waals surface area contributed by atoms with E-state index in [2.05, 4.69) is 0 Å². The lowest BCUT2D eigenvalue weighted by atomic mass is 10.1. The molecular formula is C10H12N2O3. The normalized spacial score (nSPS) is 15.8. The predicted octanol–water partition coefficient (Wildman–Crippen LogP) is -0.0571. The molecule has 1 aliphatic heterocycles.